The van der Waals surface area contributed by atoms with E-state index in [1.54, 1.807) is 11.9 Å². The molecule has 0 radical (unpaired) electrons. The van der Waals surface area contributed by atoms with E-state index in [1.165, 1.54) is 0 Å². The Hall–Kier alpha value is -3.61. The highest BCUT2D eigenvalue weighted by Gasteiger charge is 2.56. The summed E-state index contributed by atoms with van der Waals surface area (Å²) < 4.78 is 41.4. The van der Waals surface area contributed by atoms with Crippen molar-refractivity contribution in [2.75, 3.05) is 44.0 Å². The van der Waals surface area contributed by atoms with E-state index in [-0.39, 0.29) is 53.8 Å². The SMILES string of the molecule is C=C(O/N=C(\N)c1nc(N)nc(N(C)c2ccccc2)n1)N1C[C@@H]2C(COCC(F)(F)F)[C@@H]2C1. The fraction of sp³-hybridized carbons (Fsp3) is 0.429. The van der Waals surface area contributed by atoms with E-state index < -0.39 is 12.8 Å². The van der Waals surface area contributed by atoms with Crippen LogP contribution in [-0.4, -0.2) is 65.2 Å². The van der Waals surface area contributed by atoms with Crippen molar-refractivity contribution in [2.24, 2.45) is 28.6 Å². The molecule has 1 aliphatic heterocycles. The Morgan fingerprint density at radius 1 is 1.21 bits per heavy atom. The molecule has 1 aromatic carbocycles. The van der Waals surface area contributed by atoms with E-state index in [4.69, 9.17) is 21.0 Å². The van der Waals surface area contributed by atoms with Crippen LogP contribution in [0.3, 0.4) is 0 Å². The van der Waals surface area contributed by atoms with Crippen LogP contribution in [0.15, 0.2) is 47.9 Å². The number of nitrogens with zero attached hydrogens (tertiary/aromatic N) is 6. The lowest BCUT2D eigenvalue weighted by Crippen LogP contribution is -2.27. The molecule has 2 heterocycles. The van der Waals surface area contributed by atoms with E-state index in [9.17, 15) is 13.2 Å². The van der Waals surface area contributed by atoms with Crippen molar-refractivity contribution < 1.29 is 22.7 Å². The van der Waals surface area contributed by atoms with Gasteiger partial charge in [-0.25, -0.2) is 0 Å². The summed E-state index contributed by atoms with van der Waals surface area (Å²) in [6.07, 6.45) is -4.31. The number of halogens is 3. The standard InChI is InChI=1S/C21H25F3N8O2/c1-12(32-8-14-15(9-32)16(14)10-33-11-21(22,23)24)34-30-17(25)18-27-19(26)29-20(28-18)31(2)13-6-4-3-5-7-13/h3-7,14-16H,1,8-11H2,2H3,(H2,25,30)(H2,26,27,28,29)/t14-,15+,16?. The van der Waals surface area contributed by atoms with Crippen molar-refractivity contribution in [2.45, 2.75) is 6.18 Å². The molecular weight excluding hydrogens is 453 g/mol. The molecule has 1 unspecified atom stereocenters. The Bertz CT molecular complexity index is 1050. The van der Waals surface area contributed by atoms with Gasteiger partial charge >= 0.3 is 6.18 Å². The number of anilines is 3. The number of rotatable bonds is 9. The van der Waals surface area contributed by atoms with Gasteiger partial charge in [0.2, 0.25) is 29.4 Å². The number of hydrogen-bond acceptors (Lipinski definition) is 9. The van der Waals surface area contributed by atoms with Gasteiger partial charge in [0.1, 0.15) is 6.61 Å². The van der Waals surface area contributed by atoms with Gasteiger partial charge in [-0.1, -0.05) is 23.4 Å². The zero-order chi connectivity index (χ0) is 24.5. The second-order valence-corrected chi connectivity index (χ2v) is 8.20. The molecule has 3 atom stereocenters. The first-order valence-electron chi connectivity index (χ1n) is 10.5. The van der Waals surface area contributed by atoms with Crippen molar-refractivity contribution in [1.82, 2.24) is 19.9 Å². The Labute approximate surface area is 194 Å². The molecule has 0 amide bonds. The molecule has 1 aromatic heterocycles. The molecule has 4 N–H and O–H groups in total. The first-order chi connectivity index (χ1) is 16.1. The smallest absolute Gasteiger partial charge is 0.378 e. The van der Waals surface area contributed by atoms with Crippen LogP contribution in [0.5, 0.6) is 0 Å². The molecule has 10 nitrogen and oxygen atoms in total. The van der Waals surface area contributed by atoms with Crippen molar-refractivity contribution in [1.29, 1.82) is 0 Å². The second kappa shape index (κ2) is 9.33. The lowest BCUT2D eigenvalue weighted by Gasteiger charge is -2.21. The van der Waals surface area contributed by atoms with Gasteiger partial charge in [0.25, 0.3) is 0 Å². The normalized spacial score (nSPS) is 21.8. The number of fused-ring (bicyclic) bond motifs is 1. The minimum Gasteiger partial charge on any atom is -0.378 e. The van der Waals surface area contributed by atoms with Crippen LogP contribution >= 0.6 is 0 Å². The predicted molar refractivity (Wildman–Crippen MR) is 119 cm³/mol. The Kier molecular flexibility index (Phi) is 6.46. The predicted octanol–water partition coefficient (Wildman–Crippen LogP) is 2.09. The number of para-hydroxylation sites is 1. The molecule has 0 bridgehead atoms. The van der Waals surface area contributed by atoms with Gasteiger partial charge < -0.3 is 30.8 Å². The third kappa shape index (κ3) is 5.47. The van der Waals surface area contributed by atoms with Gasteiger partial charge in [-0.3, -0.25) is 0 Å². The lowest BCUT2D eigenvalue weighted by molar-refractivity contribution is -0.175. The number of ether oxygens (including phenoxy) is 1. The Balaban J connectivity index is 1.31. The third-order valence-electron chi connectivity index (χ3n) is 5.86. The number of alkyl halides is 3. The van der Waals surface area contributed by atoms with Crippen molar-refractivity contribution in [3.05, 3.63) is 48.6 Å². The average molecular weight is 478 g/mol. The highest BCUT2D eigenvalue weighted by Crippen LogP contribution is 2.52. The summed E-state index contributed by atoms with van der Waals surface area (Å²) in [6, 6.07) is 9.43. The largest absolute Gasteiger partial charge is 0.411 e. The minimum atomic E-state index is -4.31. The van der Waals surface area contributed by atoms with Crippen LogP contribution in [-0.2, 0) is 9.57 Å². The number of oxime groups is 1. The molecule has 13 heteroatoms. The van der Waals surface area contributed by atoms with E-state index in [1.807, 2.05) is 35.2 Å². The summed E-state index contributed by atoms with van der Waals surface area (Å²) in [4.78, 5) is 21.4. The van der Waals surface area contributed by atoms with Crippen LogP contribution in [0.25, 0.3) is 0 Å². The number of nitrogens with two attached hydrogens (primary N) is 2. The lowest BCUT2D eigenvalue weighted by atomic mass is 10.3. The number of likely N-dealkylation sites (tertiary alicyclic amines) is 1. The van der Waals surface area contributed by atoms with Crippen molar-refractivity contribution >= 4 is 23.4 Å². The fourth-order valence-corrected chi connectivity index (χ4v) is 4.02. The van der Waals surface area contributed by atoms with E-state index in [2.05, 4.69) is 26.7 Å². The topological polar surface area (TPSA) is 128 Å². The molecule has 2 aliphatic rings. The fourth-order valence-electron chi connectivity index (χ4n) is 4.02. The summed E-state index contributed by atoms with van der Waals surface area (Å²) in [5.41, 5.74) is 12.7. The van der Waals surface area contributed by atoms with Crippen molar-refractivity contribution in [3.63, 3.8) is 0 Å². The molecule has 34 heavy (non-hydrogen) atoms. The quantitative estimate of drug-likeness (QED) is 0.241. The van der Waals surface area contributed by atoms with Gasteiger partial charge in [0, 0.05) is 25.8 Å². The number of nitrogen functional groups attached to an aromatic ring is 1. The number of aromatic nitrogens is 3. The molecule has 1 saturated carbocycles. The third-order valence-corrected chi connectivity index (χ3v) is 5.86. The zero-order valence-electron chi connectivity index (χ0n) is 18.4. The monoisotopic (exact) mass is 478 g/mol. The van der Waals surface area contributed by atoms with E-state index in [0.29, 0.717) is 13.1 Å². The van der Waals surface area contributed by atoms with Crippen LogP contribution in [0.4, 0.5) is 30.8 Å². The molecular formula is C21H25F3N8O2. The van der Waals surface area contributed by atoms with Gasteiger partial charge in [0.15, 0.2) is 0 Å². The molecule has 1 aliphatic carbocycles. The van der Waals surface area contributed by atoms with Gasteiger partial charge in [-0.15, -0.1) is 0 Å². The Morgan fingerprint density at radius 3 is 2.53 bits per heavy atom. The van der Waals surface area contributed by atoms with Crippen LogP contribution in [0.2, 0.25) is 0 Å². The molecule has 0 spiro atoms. The minimum absolute atomic E-state index is 0.0295. The van der Waals surface area contributed by atoms with Crippen LogP contribution in [0.1, 0.15) is 5.82 Å². The first kappa shape index (κ1) is 23.5. The second-order valence-electron chi connectivity index (χ2n) is 8.20. The molecule has 1 saturated heterocycles. The van der Waals surface area contributed by atoms with Gasteiger partial charge in [-0.05, 0) is 36.5 Å². The highest BCUT2D eigenvalue weighted by molar-refractivity contribution is 5.94. The molecule has 2 fully saturated rings. The maximum absolute atomic E-state index is 12.2. The highest BCUT2D eigenvalue weighted by atomic mass is 19.4. The van der Waals surface area contributed by atoms with Crippen molar-refractivity contribution in [3.8, 4) is 0 Å². The number of benzene rings is 1. The molecule has 4 rings (SSSR count). The van der Waals surface area contributed by atoms with E-state index >= 15 is 0 Å². The van der Waals surface area contributed by atoms with Gasteiger partial charge in [0.05, 0.1) is 6.61 Å². The average Bonchev–Trinajstić information content (AvgIpc) is 3.23. The number of amidine groups is 1. The first-order valence-corrected chi connectivity index (χ1v) is 10.5. The Morgan fingerprint density at radius 2 is 1.88 bits per heavy atom. The number of hydrogen-bond donors (Lipinski definition) is 2. The molecule has 2 aromatic rings. The summed E-state index contributed by atoms with van der Waals surface area (Å²) >= 11 is 0. The van der Waals surface area contributed by atoms with Crippen LogP contribution < -0.4 is 16.4 Å². The maximum atomic E-state index is 12.2. The zero-order valence-corrected chi connectivity index (χ0v) is 18.4. The summed E-state index contributed by atoms with van der Waals surface area (Å²) in [6.45, 7) is 3.93. The maximum Gasteiger partial charge on any atom is 0.411 e. The molecule has 182 valence electrons. The van der Waals surface area contributed by atoms with E-state index in [0.717, 1.165) is 5.69 Å². The number of piperidine rings is 1. The van der Waals surface area contributed by atoms with Crippen LogP contribution in [0, 0.1) is 17.8 Å². The summed E-state index contributed by atoms with van der Waals surface area (Å²) in [5, 5.41) is 3.87. The summed E-state index contributed by atoms with van der Waals surface area (Å²) in [7, 11) is 1.78. The summed E-state index contributed by atoms with van der Waals surface area (Å²) in [5.74, 6) is 1.07. The van der Waals surface area contributed by atoms with Gasteiger partial charge in [-0.2, -0.15) is 28.1 Å².